The zero-order valence-electron chi connectivity index (χ0n) is 17.7. The highest BCUT2D eigenvalue weighted by atomic mass is 16.1. The van der Waals surface area contributed by atoms with Crippen LogP contribution in [0.2, 0.25) is 0 Å². The molecule has 1 N–H and O–H groups in total. The van der Waals surface area contributed by atoms with Crippen molar-refractivity contribution < 1.29 is 4.79 Å². The van der Waals surface area contributed by atoms with E-state index in [1.807, 2.05) is 37.3 Å². The summed E-state index contributed by atoms with van der Waals surface area (Å²) in [7, 11) is 2.09. The second kappa shape index (κ2) is 7.97. The summed E-state index contributed by atoms with van der Waals surface area (Å²) in [5.41, 5.74) is 6.45. The SMILES string of the molecule is CC1=CC(C)(C)N(C)c2cc(C)c(/C=C(/C#N)C(=O)NCc3ccccc3)cc21. The molecule has 1 aliphatic rings. The van der Waals surface area contributed by atoms with Crippen molar-refractivity contribution >= 4 is 23.2 Å². The molecule has 1 heterocycles. The molecular weight excluding hydrogens is 358 g/mol. The molecular formula is C25H27N3O. The Morgan fingerprint density at radius 1 is 1.21 bits per heavy atom. The van der Waals surface area contributed by atoms with Crippen molar-refractivity contribution in [1.29, 1.82) is 5.26 Å². The van der Waals surface area contributed by atoms with Crippen LogP contribution >= 0.6 is 0 Å². The number of amides is 1. The molecule has 2 aromatic rings. The van der Waals surface area contributed by atoms with Crippen LogP contribution < -0.4 is 10.2 Å². The number of benzene rings is 2. The van der Waals surface area contributed by atoms with Crippen LogP contribution in [-0.4, -0.2) is 18.5 Å². The van der Waals surface area contributed by atoms with E-state index in [0.717, 1.165) is 27.9 Å². The standard InChI is InChI=1S/C25H27N3O/c1-17-11-23-22(18(2)14-25(3,4)28(23)5)13-20(17)12-21(15-26)24(29)27-16-19-9-7-6-8-10-19/h6-14H,16H2,1-5H3,(H,27,29)/b21-12-. The molecule has 3 rings (SSSR count). The Balaban J connectivity index is 1.90. The summed E-state index contributed by atoms with van der Waals surface area (Å²) in [6.07, 6.45) is 3.93. The van der Waals surface area contributed by atoms with Crippen LogP contribution in [0.4, 0.5) is 5.69 Å². The first kappa shape index (κ1) is 20.4. The Kier molecular flexibility index (Phi) is 5.61. The van der Waals surface area contributed by atoms with Crippen LogP contribution in [0.3, 0.4) is 0 Å². The lowest BCUT2D eigenvalue weighted by Crippen LogP contribution is -2.42. The molecule has 0 bridgehead atoms. The number of nitriles is 1. The van der Waals surface area contributed by atoms with Crippen LogP contribution in [0.1, 0.15) is 43.0 Å². The Labute approximate surface area is 173 Å². The van der Waals surface area contributed by atoms with Gasteiger partial charge in [-0.3, -0.25) is 4.79 Å². The number of allylic oxidation sites excluding steroid dienone is 1. The zero-order valence-corrected chi connectivity index (χ0v) is 17.7. The van der Waals surface area contributed by atoms with Gasteiger partial charge in [0.05, 0.1) is 5.54 Å². The fraction of sp³-hybridized carbons (Fsp3) is 0.280. The van der Waals surface area contributed by atoms with Gasteiger partial charge in [-0.25, -0.2) is 0 Å². The lowest BCUT2D eigenvalue weighted by molar-refractivity contribution is -0.117. The van der Waals surface area contributed by atoms with E-state index >= 15 is 0 Å². The Morgan fingerprint density at radius 2 is 1.90 bits per heavy atom. The van der Waals surface area contributed by atoms with E-state index in [1.165, 1.54) is 5.57 Å². The molecule has 29 heavy (non-hydrogen) atoms. The molecule has 4 nitrogen and oxygen atoms in total. The van der Waals surface area contributed by atoms with Gasteiger partial charge in [0.25, 0.3) is 5.91 Å². The third-order valence-corrected chi connectivity index (χ3v) is 5.57. The number of hydrogen-bond acceptors (Lipinski definition) is 3. The van der Waals surface area contributed by atoms with Crippen molar-refractivity contribution in [1.82, 2.24) is 5.32 Å². The summed E-state index contributed by atoms with van der Waals surface area (Å²) in [4.78, 5) is 14.8. The van der Waals surface area contributed by atoms with Gasteiger partial charge in [-0.2, -0.15) is 5.26 Å². The molecule has 0 saturated carbocycles. The van der Waals surface area contributed by atoms with Gasteiger partial charge in [0.1, 0.15) is 11.6 Å². The molecule has 0 unspecified atom stereocenters. The number of nitrogens with zero attached hydrogens (tertiary/aromatic N) is 2. The smallest absolute Gasteiger partial charge is 0.262 e. The first-order valence-electron chi connectivity index (χ1n) is 9.75. The molecule has 148 valence electrons. The molecule has 0 atom stereocenters. The fourth-order valence-electron chi connectivity index (χ4n) is 3.65. The van der Waals surface area contributed by atoms with Crippen molar-refractivity contribution in [2.75, 3.05) is 11.9 Å². The predicted octanol–water partition coefficient (Wildman–Crippen LogP) is 4.85. The van der Waals surface area contributed by atoms with Gasteiger partial charge in [-0.15, -0.1) is 0 Å². The number of hydrogen-bond donors (Lipinski definition) is 1. The van der Waals surface area contributed by atoms with Crippen LogP contribution in [-0.2, 0) is 11.3 Å². The van der Waals surface area contributed by atoms with E-state index in [9.17, 15) is 10.1 Å². The lowest BCUT2D eigenvalue weighted by atomic mass is 9.87. The fourth-order valence-corrected chi connectivity index (χ4v) is 3.65. The monoisotopic (exact) mass is 385 g/mol. The maximum absolute atomic E-state index is 12.5. The highest BCUT2D eigenvalue weighted by Gasteiger charge is 2.28. The Bertz CT molecular complexity index is 1040. The zero-order chi connectivity index (χ0) is 21.2. The molecule has 2 aromatic carbocycles. The molecule has 1 aliphatic heterocycles. The first-order valence-corrected chi connectivity index (χ1v) is 9.75. The van der Waals surface area contributed by atoms with Crippen molar-refractivity contribution in [2.24, 2.45) is 0 Å². The summed E-state index contributed by atoms with van der Waals surface area (Å²) < 4.78 is 0. The van der Waals surface area contributed by atoms with E-state index in [-0.39, 0.29) is 17.0 Å². The third kappa shape index (κ3) is 4.25. The van der Waals surface area contributed by atoms with E-state index in [0.29, 0.717) is 6.54 Å². The maximum Gasteiger partial charge on any atom is 0.262 e. The second-order valence-electron chi connectivity index (χ2n) is 8.10. The minimum atomic E-state index is -0.362. The third-order valence-electron chi connectivity index (χ3n) is 5.57. The van der Waals surface area contributed by atoms with Gasteiger partial charge in [0, 0.05) is 24.8 Å². The van der Waals surface area contributed by atoms with E-state index < -0.39 is 0 Å². The Hall–Kier alpha value is -3.32. The number of carbonyl (C=O) groups is 1. The van der Waals surface area contributed by atoms with E-state index in [1.54, 1.807) is 6.08 Å². The molecule has 0 saturated heterocycles. The van der Waals surface area contributed by atoms with Crippen LogP contribution in [0.15, 0.2) is 54.1 Å². The number of rotatable bonds is 4. The van der Waals surface area contributed by atoms with Gasteiger partial charge in [-0.05, 0) is 68.2 Å². The van der Waals surface area contributed by atoms with Crippen molar-refractivity contribution in [2.45, 2.75) is 39.8 Å². The number of carbonyl (C=O) groups excluding carboxylic acids is 1. The topological polar surface area (TPSA) is 56.1 Å². The van der Waals surface area contributed by atoms with Gasteiger partial charge in [0.2, 0.25) is 0 Å². The minimum Gasteiger partial charge on any atom is -0.365 e. The second-order valence-corrected chi connectivity index (χ2v) is 8.10. The molecule has 4 heteroatoms. The summed E-state index contributed by atoms with van der Waals surface area (Å²) in [6.45, 7) is 8.89. The van der Waals surface area contributed by atoms with E-state index in [2.05, 4.69) is 62.3 Å². The minimum absolute atomic E-state index is 0.0595. The van der Waals surface area contributed by atoms with Gasteiger partial charge in [-0.1, -0.05) is 36.4 Å². The van der Waals surface area contributed by atoms with Gasteiger partial charge < -0.3 is 10.2 Å². The van der Waals surface area contributed by atoms with Crippen molar-refractivity contribution in [3.8, 4) is 6.07 Å². The van der Waals surface area contributed by atoms with Crippen LogP contribution in [0.25, 0.3) is 11.6 Å². The number of anilines is 1. The van der Waals surface area contributed by atoms with Gasteiger partial charge >= 0.3 is 0 Å². The predicted molar refractivity (Wildman–Crippen MR) is 119 cm³/mol. The number of likely N-dealkylation sites (N-methyl/N-ethyl adjacent to an activating group) is 1. The van der Waals surface area contributed by atoms with Crippen LogP contribution in [0.5, 0.6) is 0 Å². The Morgan fingerprint density at radius 3 is 2.55 bits per heavy atom. The molecule has 0 radical (unpaired) electrons. The molecule has 0 aromatic heterocycles. The molecule has 1 amide bonds. The van der Waals surface area contributed by atoms with Crippen LogP contribution in [0, 0.1) is 18.3 Å². The molecule has 0 aliphatic carbocycles. The van der Waals surface area contributed by atoms with Gasteiger partial charge in [0.15, 0.2) is 0 Å². The number of nitrogens with one attached hydrogen (secondary N) is 1. The molecule has 0 spiro atoms. The van der Waals surface area contributed by atoms with E-state index in [4.69, 9.17) is 0 Å². The first-order chi connectivity index (χ1) is 13.7. The quantitative estimate of drug-likeness (QED) is 0.605. The summed E-state index contributed by atoms with van der Waals surface area (Å²) >= 11 is 0. The number of fused-ring (bicyclic) bond motifs is 1. The summed E-state index contributed by atoms with van der Waals surface area (Å²) in [5.74, 6) is -0.362. The summed E-state index contributed by atoms with van der Waals surface area (Å²) in [6, 6.07) is 15.9. The highest BCUT2D eigenvalue weighted by Crippen LogP contribution is 2.39. The average molecular weight is 386 g/mol. The van der Waals surface area contributed by atoms with Crippen molar-refractivity contribution in [3.63, 3.8) is 0 Å². The van der Waals surface area contributed by atoms with Crippen molar-refractivity contribution in [3.05, 3.63) is 76.4 Å². The maximum atomic E-state index is 12.5. The largest absolute Gasteiger partial charge is 0.365 e. The number of aryl methyl sites for hydroxylation is 1. The highest BCUT2D eigenvalue weighted by molar-refractivity contribution is 6.02. The molecule has 0 fully saturated rings. The lowest BCUT2D eigenvalue weighted by Gasteiger charge is -2.41. The summed E-state index contributed by atoms with van der Waals surface area (Å²) in [5, 5.41) is 12.4. The normalized spacial score (nSPS) is 15.2. The average Bonchev–Trinajstić information content (AvgIpc) is 2.69.